The van der Waals surface area contributed by atoms with Crippen LogP contribution in [0.1, 0.15) is 102 Å². The number of hydrogen-bond donors (Lipinski definition) is 3. The third-order valence-corrected chi connectivity index (χ3v) is 7.07. The van der Waals surface area contributed by atoms with Gasteiger partial charge in [0.15, 0.2) is 0 Å². The maximum atomic E-state index is 12.4. The second-order valence-electron chi connectivity index (χ2n) is 9.22. The highest BCUT2D eigenvalue weighted by molar-refractivity contribution is 14.1. The number of benzene rings is 1. The van der Waals surface area contributed by atoms with E-state index < -0.39 is 13.9 Å². The minimum absolute atomic E-state index is 0.104. The van der Waals surface area contributed by atoms with Crippen LogP contribution in [0.2, 0.25) is 0 Å². The second-order valence-corrected chi connectivity index (χ2v) is 11.7. The van der Waals surface area contributed by atoms with Crippen LogP contribution in [-0.4, -0.2) is 28.3 Å². The zero-order chi connectivity index (χ0) is 25.8. The van der Waals surface area contributed by atoms with Crippen molar-refractivity contribution in [3.63, 3.8) is 0 Å². The van der Waals surface area contributed by atoms with Crippen LogP contribution in [0.3, 0.4) is 0 Å². The SMILES string of the molecule is CCCCCCCCC=CCCCCCCCC(=O)N[C@H](COP(=O)(O)O)Cc1ccc(I)cc1. The lowest BCUT2D eigenvalue weighted by molar-refractivity contribution is -0.122. The fourth-order valence-electron chi connectivity index (χ4n) is 3.90. The van der Waals surface area contributed by atoms with Crippen LogP contribution >= 0.6 is 30.4 Å². The third kappa shape index (κ3) is 20.1. The van der Waals surface area contributed by atoms with E-state index in [4.69, 9.17) is 9.79 Å². The predicted molar refractivity (Wildman–Crippen MR) is 152 cm³/mol. The normalized spacial score (nSPS) is 12.8. The van der Waals surface area contributed by atoms with Gasteiger partial charge in [-0.05, 0) is 78.8 Å². The first-order valence-electron chi connectivity index (χ1n) is 13.2. The molecule has 0 fully saturated rings. The molecule has 0 aliphatic carbocycles. The van der Waals surface area contributed by atoms with Crippen molar-refractivity contribution >= 4 is 36.3 Å². The van der Waals surface area contributed by atoms with Gasteiger partial charge >= 0.3 is 7.82 Å². The molecular weight excluding hydrogens is 576 g/mol. The number of halogens is 1. The van der Waals surface area contributed by atoms with Crippen LogP contribution in [0.25, 0.3) is 0 Å². The van der Waals surface area contributed by atoms with Gasteiger partial charge in [0.2, 0.25) is 5.91 Å². The molecule has 0 heterocycles. The van der Waals surface area contributed by atoms with Crippen molar-refractivity contribution in [3.05, 3.63) is 45.6 Å². The lowest BCUT2D eigenvalue weighted by Gasteiger charge is -2.19. The molecule has 35 heavy (non-hydrogen) atoms. The van der Waals surface area contributed by atoms with Crippen LogP contribution in [0.4, 0.5) is 0 Å². The van der Waals surface area contributed by atoms with Crippen LogP contribution in [0.15, 0.2) is 36.4 Å². The lowest BCUT2D eigenvalue weighted by atomic mass is 10.1. The molecule has 1 amide bonds. The van der Waals surface area contributed by atoms with Gasteiger partial charge in [0.05, 0.1) is 12.6 Å². The smallest absolute Gasteiger partial charge is 0.351 e. The number of allylic oxidation sites excluding steroid dienone is 2. The number of carbonyl (C=O) groups excluding carboxylic acids is 1. The number of phosphoric acid groups is 1. The molecule has 1 rings (SSSR count). The quantitative estimate of drug-likeness (QED) is 0.0573. The van der Waals surface area contributed by atoms with Gasteiger partial charge in [0, 0.05) is 9.99 Å². The van der Waals surface area contributed by atoms with Crippen molar-refractivity contribution in [2.75, 3.05) is 6.61 Å². The number of hydrogen-bond acceptors (Lipinski definition) is 3. The van der Waals surface area contributed by atoms with Gasteiger partial charge in [-0.15, -0.1) is 0 Å². The Hall–Kier alpha value is -0.730. The average molecular weight is 622 g/mol. The van der Waals surface area contributed by atoms with Crippen molar-refractivity contribution in [1.29, 1.82) is 0 Å². The number of rotatable bonds is 21. The molecule has 0 bridgehead atoms. The average Bonchev–Trinajstić information content (AvgIpc) is 2.81. The molecule has 6 nitrogen and oxygen atoms in total. The molecule has 0 aromatic heterocycles. The fraction of sp³-hybridized carbons (Fsp3) is 0.667. The summed E-state index contributed by atoms with van der Waals surface area (Å²) in [5.41, 5.74) is 0.978. The highest BCUT2D eigenvalue weighted by Gasteiger charge is 2.20. The molecule has 0 saturated heterocycles. The summed E-state index contributed by atoms with van der Waals surface area (Å²) in [5.74, 6) is -0.104. The number of amides is 1. The molecule has 200 valence electrons. The Bertz CT molecular complexity index is 750. The van der Waals surface area contributed by atoms with Crippen molar-refractivity contribution < 1.29 is 23.7 Å². The van der Waals surface area contributed by atoms with E-state index >= 15 is 0 Å². The molecule has 0 unspecified atom stereocenters. The first-order chi connectivity index (χ1) is 16.8. The monoisotopic (exact) mass is 621 g/mol. The topological polar surface area (TPSA) is 95.9 Å². The van der Waals surface area contributed by atoms with Gasteiger partial charge in [0.25, 0.3) is 0 Å². The zero-order valence-electron chi connectivity index (χ0n) is 21.3. The molecule has 3 N–H and O–H groups in total. The van der Waals surface area contributed by atoms with Gasteiger partial charge in [-0.2, -0.15) is 0 Å². The Morgan fingerprint density at radius 2 is 1.49 bits per heavy atom. The standard InChI is InChI=1S/C27H45INO5P/c1-2-3-4-5-6-7-8-9-10-11-12-13-14-15-16-17-27(30)29-26(23-34-35(31,32)33)22-24-18-20-25(28)21-19-24/h9-10,18-21,26H,2-8,11-17,22-23H2,1H3,(H,29,30)(H2,31,32,33)/t26-/m0/s1. The molecule has 1 atom stereocenters. The Morgan fingerprint density at radius 3 is 2.06 bits per heavy atom. The van der Waals surface area contributed by atoms with Crippen molar-refractivity contribution in [3.8, 4) is 0 Å². The van der Waals surface area contributed by atoms with Gasteiger partial charge < -0.3 is 15.1 Å². The van der Waals surface area contributed by atoms with E-state index in [9.17, 15) is 9.36 Å². The number of phosphoric ester groups is 1. The molecule has 0 aliphatic heterocycles. The number of carbonyl (C=O) groups is 1. The van der Waals surface area contributed by atoms with E-state index in [1.807, 2.05) is 24.3 Å². The molecule has 1 aromatic carbocycles. The van der Waals surface area contributed by atoms with E-state index in [0.717, 1.165) is 34.8 Å². The largest absolute Gasteiger partial charge is 0.469 e. The Labute approximate surface area is 226 Å². The van der Waals surface area contributed by atoms with E-state index in [-0.39, 0.29) is 12.5 Å². The van der Waals surface area contributed by atoms with E-state index in [2.05, 4.69) is 51.5 Å². The van der Waals surface area contributed by atoms with Crippen molar-refractivity contribution in [1.82, 2.24) is 5.32 Å². The summed E-state index contributed by atoms with van der Waals surface area (Å²) in [6.07, 6.45) is 21.2. The van der Waals surface area contributed by atoms with Crippen LogP contribution < -0.4 is 5.32 Å². The van der Waals surface area contributed by atoms with E-state index in [0.29, 0.717) is 12.8 Å². The highest BCUT2D eigenvalue weighted by Crippen LogP contribution is 2.35. The lowest BCUT2D eigenvalue weighted by Crippen LogP contribution is -2.39. The van der Waals surface area contributed by atoms with E-state index in [1.165, 1.54) is 57.8 Å². The minimum atomic E-state index is -4.59. The molecule has 0 radical (unpaired) electrons. The van der Waals surface area contributed by atoms with Gasteiger partial charge in [0.1, 0.15) is 0 Å². The predicted octanol–water partition coefficient (Wildman–Crippen LogP) is 7.47. The van der Waals surface area contributed by atoms with Gasteiger partial charge in [-0.1, -0.05) is 82.6 Å². The number of unbranched alkanes of at least 4 members (excludes halogenated alkanes) is 11. The molecular formula is C27H45INO5P. The minimum Gasteiger partial charge on any atom is -0.351 e. The summed E-state index contributed by atoms with van der Waals surface area (Å²) in [7, 11) is -4.59. The molecule has 0 saturated carbocycles. The number of nitrogens with one attached hydrogen (secondary N) is 1. The fourth-order valence-corrected chi connectivity index (χ4v) is 4.63. The summed E-state index contributed by atoms with van der Waals surface area (Å²) >= 11 is 2.22. The molecule has 8 heteroatoms. The third-order valence-electron chi connectivity index (χ3n) is 5.87. The van der Waals surface area contributed by atoms with Crippen molar-refractivity contribution in [2.45, 2.75) is 109 Å². The van der Waals surface area contributed by atoms with Crippen LogP contribution in [0, 0.1) is 3.57 Å². The first-order valence-corrected chi connectivity index (χ1v) is 15.8. The van der Waals surface area contributed by atoms with Crippen LogP contribution in [0.5, 0.6) is 0 Å². The van der Waals surface area contributed by atoms with Crippen LogP contribution in [-0.2, 0) is 20.3 Å². The maximum Gasteiger partial charge on any atom is 0.469 e. The summed E-state index contributed by atoms with van der Waals surface area (Å²) in [6, 6.07) is 7.33. The second kappa shape index (κ2) is 20.3. The Balaban J connectivity index is 2.15. The molecule has 0 aliphatic rings. The maximum absolute atomic E-state index is 12.4. The molecule has 0 spiro atoms. The summed E-state index contributed by atoms with van der Waals surface area (Å²) < 4.78 is 16.9. The highest BCUT2D eigenvalue weighted by atomic mass is 127. The first kappa shape index (κ1) is 32.3. The summed E-state index contributed by atoms with van der Waals surface area (Å²) in [4.78, 5) is 30.4. The van der Waals surface area contributed by atoms with Gasteiger partial charge in [-0.3, -0.25) is 9.32 Å². The van der Waals surface area contributed by atoms with Gasteiger partial charge in [-0.25, -0.2) is 4.57 Å². The zero-order valence-corrected chi connectivity index (χ0v) is 24.4. The summed E-state index contributed by atoms with van der Waals surface area (Å²) in [6.45, 7) is 2.02. The Morgan fingerprint density at radius 1 is 0.943 bits per heavy atom. The summed E-state index contributed by atoms with van der Waals surface area (Å²) in [5, 5.41) is 2.88. The molecule has 1 aromatic rings. The Kier molecular flexibility index (Phi) is 18.8. The van der Waals surface area contributed by atoms with E-state index in [1.54, 1.807) is 0 Å². The van der Waals surface area contributed by atoms with Crippen molar-refractivity contribution in [2.24, 2.45) is 0 Å².